The Morgan fingerprint density at radius 1 is 0.603 bits per heavy atom. The van der Waals surface area contributed by atoms with Crippen molar-refractivity contribution in [3.05, 3.63) is 81.9 Å². The van der Waals surface area contributed by atoms with Crippen LogP contribution in [0.4, 0.5) is 0 Å². The number of nitrogens with one attached hydrogen (secondary N) is 2. The number of amides is 2. The number of aliphatic hydroxyl groups is 1. The minimum atomic E-state index is -0.993. The van der Waals surface area contributed by atoms with E-state index in [0.29, 0.717) is 59.3 Å². The molecule has 2 aliphatic rings. The van der Waals surface area contributed by atoms with Gasteiger partial charge >= 0.3 is 5.97 Å². The Balaban J connectivity index is 0.000000221. The summed E-state index contributed by atoms with van der Waals surface area (Å²) in [5.74, 6) is 2.70. The van der Waals surface area contributed by atoms with Crippen LogP contribution in [0.2, 0.25) is 0 Å². The lowest BCUT2D eigenvalue weighted by Crippen LogP contribution is -2.27. The second kappa shape index (κ2) is 18.1. The fourth-order valence-electron chi connectivity index (χ4n) is 7.88. The van der Waals surface area contributed by atoms with Crippen molar-refractivity contribution in [3.63, 3.8) is 0 Å². The summed E-state index contributed by atoms with van der Waals surface area (Å²) in [6.45, 7) is 6.50. The van der Waals surface area contributed by atoms with Gasteiger partial charge in [0.1, 0.15) is 0 Å². The van der Waals surface area contributed by atoms with Gasteiger partial charge in [-0.2, -0.15) is 0 Å². The lowest BCUT2D eigenvalue weighted by molar-refractivity contribution is -0.120. The monoisotopic (exact) mass is 798 g/mol. The SMILES string of the molecule is COC(=O)c1ccc2c(c1)[C@@H](NC(C)=O)CCc1cc(OC)c(OC)c(OC)c1-2.COc1cc2c(c(OC)c1OC)-c1ccc(C(C)(C)O)cc1[C@@H](NC(C)=O)CC2. The zero-order valence-corrected chi connectivity index (χ0v) is 35.1. The second-order valence-corrected chi connectivity index (χ2v) is 14.6. The maximum atomic E-state index is 12.1. The average molecular weight is 799 g/mol. The summed E-state index contributed by atoms with van der Waals surface area (Å²) in [6, 6.07) is 14.7. The van der Waals surface area contributed by atoms with Crippen LogP contribution in [0.25, 0.3) is 22.3 Å². The second-order valence-electron chi connectivity index (χ2n) is 14.6. The number of carbonyl (C=O) groups excluding carboxylic acids is 3. The first-order valence-corrected chi connectivity index (χ1v) is 18.9. The Labute approximate surface area is 339 Å². The highest BCUT2D eigenvalue weighted by atomic mass is 16.5. The van der Waals surface area contributed by atoms with Crippen LogP contribution in [0, 0.1) is 0 Å². The highest BCUT2D eigenvalue weighted by molar-refractivity contribution is 5.92. The van der Waals surface area contributed by atoms with Crippen LogP contribution in [0.15, 0.2) is 48.5 Å². The zero-order valence-electron chi connectivity index (χ0n) is 35.1. The number of methoxy groups -OCH3 is 7. The summed E-state index contributed by atoms with van der Waals surface area (Å²) >= 11 is 0. The molecule has 0 fully saturated rings. The van der Waals surface area contributed by atoms with Gasteiger partial charge in [0.05, 0.1) is 73.0 Å². The molecule has 0 spiro atoms. The average Bonchev–Trinajstić information content (AvgIpc) is 3.45. The molecular weight excluding hydrogens is 744 g/mol. The molecule has 0 radical (unpaired) electrons. The lowest BCUT2D eigenvalue weighted by Gasteiger charge is -2.24. The summed E-state index contributed by atoms with van der Waals surface area (Å²) in [5.41, 5.74) is 7.66. The molecule has 6 rings (SSSR count). The molecule has 58 heavy (non-hydrogen) atoms. The van der Waals surface area contributed by atoms with Crippen molar-refractivity contribution in [2.75, 3.05) is 49.8 Å². The first kappa shape index (κ1) is 43.2. The fraction of sp³-hybridized carbons (Fsp3) is 0.400. The Morgan fingerprint density at radius 3 is 1.41 bits per heavy atom. The van der Waals surface area contributed by atoms with Crippen molar-refractivity contribution in [1.82, 2.24) is 10.6 Å². The number of hydrogen-bond donors (Lipinski definition) is 3. The number of rotatable bonds is 10. The van der Waals surface area contributed by atoms with E-state index < -0.39 is 11.6 Å². The van der Waals surface area contributed by atoms with Gasteiger partial charge in [-0.25, -0.2) is 4.79 Å². The third-order valence-electron chi connectivity index (χ3n) is 10.5. The van der Waals surface area contributed by atoms with E-state index in [1.54, 1.807) is 68.6 Å². The Kier molecular flexibility index (Phi) is 13.5. The quantitative estimate of drug-likeness (QED) is 0.142. The molecule has 4 aromatic carbocycles. The molecule has 0 heterocycles. The molecule has 310 valence electrons. The summed E-state index contributed by atoms with van der Waals surface area (Å²) < 4.78 is 38.5. The molecule has 4 aromatic rings. The fourth-order valence-corrected chi connectivity index (χ4v) is 7.88. The predicted molar refractivity (Wildman–Crippen MR) is 219 cm³/mol. The van der Waals surface area contributed by atoms with Crippen LogP contribution < -0.4 is 39.1 Å². The van der Waals surface area contributed by atoms with Crippen molar-refractivity contribution in [2.24, 2.45) is 0 Å². The smallest absolute Gasteiger partial charge is 0.337 e. The van der Waals surface area contributed by atoms with Gasteiger partial charge in [0.15, 0.2) is 23.0 Å². The molecule has 0 unspecified atom stereocenters. The molecule has 0 aromatic heterocycles. The maximum absolute atomic E-state index is 12.1. The normalized spacial score (nSPS) is 15.2. The molecule has 2 atom stereocenters. The minimum absolute atomic E-state index is 0.0947. The molecule has 0 saturated heterocycles. The van der Waals surface area contributed by atoms with Crippen molar-refractivity contribution in [2.45, 2.75) is 71.1 Å². The minimum Gasteiger partial charge on any atom is -0.493 e. The van der Waals surface area contributed by atoms with E-state index in [-0.39, 0.29) is 23.9 Å². The molecule has 0 saturated carbocycles. The van der Waals surface area contributed by atoms with Crippen molar-refractivity contribution in [1.29, 1.82) is 0 Å². The number of carbonyl (C=O) groups is 3. The van der Waals surface area contributed by atoms with E-state index in [9.17, 15) is 19.5 Å². The van der Waals surface area contributed by atoms with Gasteiger partial charge in [-0.15, -0.1) is 0 Å². The predicted octanol–water partition coefficient (Wildman–Crippen LogP) is 7.02. The van der Waals surface area contributed by atoms with Gasteiger partial charge in [0, 0.05) is 25.0 Å². The molecule has 2 aliphatic carbocycles. The van der Waals surface area contributed by atoms with E-state index in [0.717, 1.165) is 56.5 Å². The zero-order chi connectivity index (χ0) is 42.5. The van der Waals surface area contributed by atoms with Crippen LogP contribution in [-0.2, 0) is 32.8 Å². The first-order valence-electron chi connectivity index (χ1n) is 18.9. The maximum Gasteiger partial charge on any atom is 0.337 e. The van der Waals surface area contributed by atoms with Crippen LogP contribution >= 0.6 is 0 Å². The topological polar surface area (TPSA) is 160 Å². The summed E-state index contributed by atoms with van der Waals surface area (Å²) in [7, 11) is 10.9. The third-order valence-corrected chi connectivity index (χ3v) is 10.5. The van der Waals surface area contributed by atoms with Gasteiger partial charge in [0.2, 0.25) is 23.3 Å². The largest absolute Gasteiger partial charge is 0.493 e. The van der Waals surface area contributed by atoms with Crippen LogP contribution in [0.5, 0.6) is 34.5 Å². The number of hydrogen-bond acceptors (Lipinski definition) is 11. The van der Waals surface area contributed by atoms with Crippen LogP contribution in [0.1, 0.15) is 90.8 Å². The number of esters is 1. The van der Waals surface area contributed by atoms with E-state index in [1.807, 2.05) is 36.4 Å². The van der Waals surface area contributed by atoms with E-state index in [2.05, 4.69) is 10.6 Å². The highest BCUT2D eigenvalue weighted by Gasteiger charge is 2.32. The summed E-state index contributed by atoms with van der Waals surface area (Å²) in [5, 5.41) is 16.6. The van der Waals surface area contributed by atoms with Crippen molar-refractivity contribution >= 4 is 17.8 Å². The molecular formula is C45H54N2O11. The first-order chi connectivity index (χ1) is 27.6. The van der Waals surface area contributed by atoms with E-state index >= 15 is 0 Å². The van der Waals surface area contributed by atoms with E-state index in [4.69, 9.17) is 33.2 Å². The van der Waals surface area contributed by atoms with Crippen molar-refractivity contribution in [3.8, 4) is 56.8 Å². The Morgan fingerprint density at radius 2 is 1.03 bits per heavy atom. The molecule has 3 N–H and O–H groups in total. The van der Waals surface area contributed by atoms with Gasteiger partial charge in [-0.1, -0.05) is 24.3 Å². The van der Waals surface area contributed by atoms with Gasteiger partial charge in [-0.05, 0) is 103 Å². The van der Waals surface area contributed by atoms with Crippen LogP contribution in [0.3, 0.4) is 0 Å². The molecule has 13 heteroatoms. The molecule has 0 aliphatic heterocycles. The van der Waals surface area contributed by atoms with Gasteiger partial charge < -0.3 is 48.9 Å². The van der Waals surface area contributed by atoms with Gasteiger partial charge in [0.25, 0.3) is 0 Å². The number of benzene rings is 4. The molecule has 13 nitrogen and oxygen atoms in total. The summed E-state index contributed by atoms with van der Waals surface area (Å²) in [6.07, 6.45) is 2.78. The lowest BCUT2D eigenvalue weighted by atomic mass is 9.88. The van der Waals surface area contributed by atoms with E-state index in [1.165, 1.54) is 21.0 Å². The Bertz CT molecular complexity index is 2190. The number of aryl methyl sites for hydroxylation is 2. The number of fused-ring (bicyclic) bond motifs is 6. The molecule has 0 bridgehead atoms. The Hall–Kier alpha value is -5.95. The van der Waals surface area contributed by atoms with Crippen LogP contribution in [-0.4, -0.2) is 72.7 Å². The van der Waals surface area contributed by atoms with Crippen molar-refractivity contribution < 1.29 is 52.6 Å². The standard InChI is InChI=1S/C23H29NO5.C22H25NO6/c1-13(25)24-18-10-7-14-11-19(27-4)21(28-5)22(29-6)20(14)16-9-8-15(12-17(16)18)23(2,3)26;1-12(24)23-17-9-7-13-11-18(26-2)20(27-3)21(28-4)19(13)15-8-6-14(10-16(15)17)22(25)29-5/h8-9,11-12,18,26H,7,10H2,1-6H3,(H,24,25);6,8,10-11,17H,7,9H2,1-5H3,(H,23,24)/t18-;17-/m00/s1. The summed E-state index contributed by atoms with van der Waals surface area (Å²) in [4.78, 5) is 35.8. The van der Waals surface area contributed by atoms with Gasteiger partial charge in [-0.3, -0.25) is 9.59 Å². The number of ether oxygens (including phenoxy) is 7. The highest BCUT2D eigenvalue weighted by Crippen LogP contribution is 2.52. The third kappa shape index (κ3) is 8.64. The molecule has 2 amide bonds.